The fourth-order valence-corrected chi connectivity index (χ4v) is 3.31. The summed E-state index contributed by atoms with van der Waals surface area (Å²) in [6.45, 7) is 5.05. The van der Waals surface area contributed by atoms with E-state index in [4.69, 9.17) is 21.7 Å². The first-order valence-corrected chi connectivity index (χ1v) is 9.50. The number of allylic oxidation sites excluding steroid dienone is 1. The fourth-order valence-electron chi connectivity index (χ4n) is 2.97. The smallest absolute Gasteiger partial charge is 0.338 e. The first-order valence-electron chi connectivity index (χ1n) is 9.09. The molecule has 1 heterocycles. The van der Waals surface area contributed by atoms with Crippen molar-refractivity contribution in [2.45, 2.75) is 32.7 Å². The SMILES string of the molecule is CCCCN1C(=S)N[C@@H](c2ccc([N+](=O)[O-])cc2)C(C(=O)OCCOC)=C1C. The van der Waals surface area contributed by atoms with Gasteiger partial charge in [-0.15, -0.1) is 0 Å². The highest BCUT2D eigenvalue weighted by Crippen LogP contribution is 2.32. The van der Waals surface area contributed by atoms with Crippen LogP contribution in [0.2, 0.25) is 0 Å². The minimum Gasteiger partial charge on any atom is -0.460 e. The lowest BCUT2D eigenvalue weighted by atomic mass is 9.94. The van der Waals surface area contributed by atoms with Gasteiger partial charge in [-0.2, -0.15) is 0 Å². The van der Waals surface area contributed by atoms with Gasteiger partial charge in [0.15, 0.2) is 5.11 Å². The number of carbonyl (C=O) groups is 1. The Labute approximate surface area is 169 Å². The first kappa shape index (κ1) is 21.8. The minimum atomic E-state index is -0.541. The van der Waals surface area contributed by atoms with Crippen LogP contribution in [0.3, 0.4) is 0 Å². The zero-order valence-corrected chi connectivity index (χ0v) is 17.1. The van der Waals surface area contributed by atoms with E-state index in [0.717, 1.165) is 18.5 Å². The highest BCUT2D eigenvalue weighted by Gasteiger charge is 2.34. The van der Waals surface area contributed by atoms with E-state index in [2.05, 4.69) is 12.2 Å². The highest BCUT2D eigenvalue weighted by molar-refractivity contribution is 7.80. The Morgan fingerprint density at radius 2 is 2.00 bits per heavy atom. The summed E-state index contributed by atoms with van der Waals surface area (Å²) in [6.07, 6.45) is 1.92. The lowest BCUT2D eigenvalue weighted by Crippen LogP contribution is -2.48. The number of nitrogens with one attached hydrogen (secondary N) is 1. The summed E-state index contributed by atoms with van der Waals surface area (Å²) in [4.78, 5) is 25.2. The molecule has 28 heavy (non-hydrogen) atoms. The van der Waals surface area contributed by atoms with E-state index < -0.39 is 16.9 Å². The summed E-state index contributed by atoms with van der Waals surface area (Å²) in [5.74, 6) is -0.464. The number of non-ortho nitro benzene ring substituents is 1. The lowest BCUT2D eigenvalue weighted by Gasteiger charge is -2.37. The Morgan fingerprint density at radius 1 is 1.32 bits per heavy atom. The summed E-state index contributed by atoms with van der Waals surface area (Å²) in [5, 5.41) is 14.6. The summed E-state index contributed by atoms with van der Waals surface area (Å²) in [6, 6.07) is 5.52. The maximum Gasteiger partial charge on any atom is 0.338 e. The van der Waals surface area contributed by atoms with Crippen LogP contribution in [0, 0.1) is 10.1 Å². The van der Waals surface area contributed by atoms with Crippen molar-refractivity contribution in [1.29, 1.82) is 0 Å². The predicted molar refractivity (Wildman–Crippen MR) is 109 cm³/mol. The Kier molecular flexibility index (Phi) is 7.89. The number of unbranched alkanes of at least 4 members (excludes halogenated alkanes) is 1. The second kappa shape index (κ2) is 10.1. The third kappa shape index (κ3) is 5.05. The van der Waals surface area contributed by atoms with Gasteiger partial charge in [0.05, 0.1) is 23.1 Å². The molecular weight excluding hydrogens is 382 g/mol. The van der Waals surface area contributed by atoms with Gasteiger partial charge in [0.1, 0.15) is 6.61 Å². The molecule has 0 spiro atoms. The Hall–Kier alpha value is -2.52. The number of hydrogen-bond donors (Lipinski definition) is 1. The van der Waals surface area contributed by atoms with Crippen molar-refractivity contribution in [1.82, 2.24) is 10.2 Å². The van der Waals surface area contributed by atoms with Crippen LogP contribution in [0.5, 0.6) is 0 Å². The molecule has 0 unspecified atom stereocenters. The van der Waals surface area contributed by atoms with Crippen LogP contribution in [0.1, 0.15) is 38.3 Å². The summed E-state index contributed by atoms with van der Waals surface area (Å²) >= 11 is 5.51. The molecule has 9 heteroatoms. The molecule has 8 nitrogen and oxygen atoms in total. The summed E-state index contributed by atoms with van der Waals surface area (Å²) in [7, 11) is 1.53. The Bertz CT molecular complexity index is 763. The second-order valence-corrected chi connectivity index (χ2v) is 6.75. The molecule has 0 saturated carbocycles. The number of ether oxygens (including phenoxy) is 2. The van der Waals surface area contributed by atoms with Gasteiger partial charge >= 0.3 is 5.97 Å². The van der Waals surface area contributed by atoms with Crippen LogP contribution in [-0.4, -0.2) is 47.8 Å². The number of thiocarbonyl (C=S) groups is 1. The van der Waals surface area contributed by atoms with Crippen LogP contribution < -0.4 is 5.32 Å². The molecule has 1 aromatic carbocycles. The van der Waals surface area contributed by atoms with Crippen molar-refractivity contribution in [3.63, 3.8) is 0 Å². The maximum atomic E-state index is 12.8. The molecule has 0 amide bonds. The van der Waals surface area contributed by atoms with Gasteiger partial charge in [-0.05, 0) is 43.3 Å². The fraction of sp³-hybridized carbons (Fsp3) is 0.474. The molecule has 0 aliphatic carbocycles. The average molecular weight is 407 g/mol. The van der Waals surface area contributed by atoms with Crippen LogP contribution in [0.25, 0.3) is 0 Å². The topological polar surface area (TPSA) is 93.9 Å². The average Bonchev–Trinajstić information content (AvgIpc) is 2.67. The standard InChI is InChI=1S/C19H25N3O5S/c1-4-5-10-21-13(2)16(18(23)27-12-11-26-3)17(20-19(21)28)14-6-8-15(9-7-14)22(24)25/h6-9,17H,4-5,10-12H2,1-3H3,(H,20,28)/t17-/m0/s1. The number of rotatable bonds is 9. The molecular formula is C19H25N3O5S. The van der Waals surface area contributed by atoms with Crippen molar-refractivity contribution < 1.29 is 19.2 Å². The van der Waals surface area contributed by atoms with E-state index in [-0.39, 0.29) is 12.3 Å². The molecule has 0 fully saturated rings. The molecule has 1 aliphatic rings. The number of carbonyl (C=O) groups excluding carboxylic acids is 1. The molecule has 0 aromatic heterocycles. The molecule has 1 aliphatic heterocycles. The predicted octanol–water partition coefficient (Wildman–Crippen LogP) is 3.09. The van der Waals surface area contributed by atoms with E-state index >= 15 is 0 Å². The summed E-state index contributed by atoms with van der Waals surface area (Å²) < 4.78 is 10.3. The van der Waals surface area contributed by atoms with Crippen molar-refractivity contribution >= 4 is 29.0 Å². The van der Waals surface area contributed by atoms with Gasteiger partial charge in [-0.3, -0.25) is 10.1 Å². The van der Waals surface area contributed by atoms with Gasteiger partial charge in [0.25, 0.3) is 5.69 Å². The lowest BCUT2D eigenvalue weighted by molar-refractivity contribution is -0.384. The zero-order valence-electron chi connectivity index (χ0n) is 16.3. The highest BCUT2D eigenvalue weighted by atomic mass is 32.1. The van der Waals surface area contributed by atoms with E-state index in [0.29, 0.717) is 29.4 Å². The molecule has 1 aromatic rings. The number of esters is 1. The van der Waals surface area contributed by atoms with Crippen molar-refractivity contribution in [3.05, 3.63) is 51.2 Å². The molecule has 0 bridgehead atoms. The van der Waals surface area contributed by atoms with Crippen molar-refractivity contribution in [2.75, 3.05) is 26.9 Å². The summed E-state index contributed by atoms with van der Waals surface area (Å²) in [5.41, 5.74) is 1.84. The normalized spacial score (nSPS) is 16.8. The Balaban J connectivity index is 2.40. The number of nitrogens with zero attached hydrogens (tertiary/aromatic N) is 2. The van der Waals surface area contributed by atoms with E-state index in [1.54, 1.807) is 12.1 Å². The van der Waals surface area contributed by atoms with Gasteiger partial charge in [-0.25, -0.2) is 4.79 Å². The largest absolute Gasteiger partial charge is 0.460 e. The van der Waals surface area contributed by atoms with Crippen LogP contribution in [-0.2, 0) is 14.3 Å². The number of methoxy groups -OCH3 is 1. The Morgan fingerprint density at radius 3 is 2.57 bits per heavy atom. The van der Waals surface area contributed by atoms with Crippen molar-refractivity contribution in [2.24, 2.45) is 0 Å². The van der Waals surface area contributed by atoms with Crippen molar-refractivity contribution in [3.8, 4) is 0 Å². The third-order valence-corrected chi connectivity index (χ3v) is 4.85. The van der Waals surface area contributed by atoms with Crippen LogP contribution >= 0.6 is 12.2 Å². The second-order valence-electron chi connectivity index (χ2n) is 6.36. The van der Waals surface area contributed by atoms with E-state index in [9.17, 15) is 14.9 Å². The monoisotopic (exact) mass is 407 g/mol. The third-order valence-electron chi connectivity index (χ3n) is 4.51. The van der Waals surface area contributed by atoms with E-state index in [1.807, 2.05) is 11.8 Å². The van der Waals surface area contributed by atoms with Crippen LogP contribution in [0.15, 0.2) is 35.5 Å². The zero-order chi connectivity index (χ0) is 20.7. The first-order chi connectivity index (χ1) is 13.4. The van der Waals surface area contributed by atoms with Gasteiger partial charge in [-0.1, -0.05) is 13.3 Å². The molecule has 152 valence electrons. The number of benzene rings is 1. The molecule has 2 rings (SSSR count). The quantitative estimate of drug-likeness (QED) is 0.219. The molecule has 1 atom stereocenters. The number of hydrogen-bond acceptors (Lipinski definition) is 6. The molecule has 0 saturated heterocycles. The van der Waals surface area contributed by atoms with Gasteiger partial charge in [0.2, 0.25) is 0 Å². The molecule has 1 N–H and O–H groups in total. The number of nitro benzene ring substituents is 1. The minimum absolute atomic E-state index is 0.0170. The van der Waals surface area contributed by atoms with Gasteiger partial charge in [0, 0.05) is 31.5 Å². The number of nitro groups is 1. The maximum absolute atomic E-state index is 12.8. The van der Waals surface area contributed by atoms with E-state index in [1.165, 1.54) is 19.2 Å². The molecule has 0 radical (unpaired) electrons. The van der Waals surface area contributed by atoms with Gasteiger partial charge < -0.3 is 19.7 Å². The van der Waals surface area contributed by atoms with Crippen LogP contribution in [0.4, 0.5) is 5.69 Å².